The van der Waals surface area contributed by atoms with Gasteiger partial charge in [-0.25, -0.2) is 0 Å². The molecule has 3 aliphatic heterocycles. The maximum atomic E-state index is 10.0. The van der Waals surface area contributed by atoms with Crippen LogP contribution in [0.5, 0.6) is 0 Å². The molecule has 0 aromatic rings. The first-order valence-corrected chi connectivity index (χ1v) is 8.34. The minimum Gasteiger partial charge on any atom is -0.447 e. The number of allylic oxidation sites excluding steroid dienone is 1. The van der Waals surface area contributed by atoms with Crippen LogP contribution in [-0.2, 0) is 9.47 Å². The van der Waals surface area contributed by atoms with Crippen LogP contribution >= 0.6 is 0 Å². The highest BCUT2D eigenvalue weighted by atomic mass is 16.7. The van der Waals surface area contributed by atoms with Crippen molar-refractivity contribution in [2.45, 2.75) is 57.8 Å². The molecule has 4 aliphatic rings. The lowest BCUT2D eigenvalue weighted by atomic mass is 9.48. The van der Waals surface area contributed by atoms with Crippen molar-refractivity contribution in [3.05, 3.63) is 11.6 Å². The number of rotatable bonds is 2. The second kappa shape index (κ2) is 5.33. The third kappa shape index (κ3) is 1.63. The molecule has 0 radical (unpaired) electrons. The number of nitriles is 3. The molecule has 3 saturated heterocycles. The van der Waals surface area contributed by atoms with Gasteiger partial charge >= 0.3 is 0 Å². The van der Waals surface area contributed by atoms with Gasteiger partial charge in [0, 0.05) is 6.42 Å². The molecule has 6 heteroatoms. The number of ether oxygens (including phenoxy) is 2. The molecule has 4 rings (SSSR count). The summed E-state index contributed by atoms with van der Waals surface area (Å²) in [7, 11) is 0. The second-order valence-electron chi connectivity index (χ2n) is 6.85. The van der Waals surface area contributed by atoms with Gasteiger partial charge in [-0.05, 0) is 31.8 Å². The number of fused-ring (bicyclic) bond motifs is 2. The SMILES string of the molecule is CC/C=C(\C)[C@@H]1O[C@]23CCCC[C@@H]2C(C#N)(C#N)[C@@]1(C#N)C(=N)O3. The first kappa shape index (κ1) is 16.5. The van der Waals surface area contributed by atoms with Crippen molar-refractivity contribution in [2.75, 3.05) is 0 Å². The van der Waals surface area contributed by atoms with Crippen molar-refractivity contribution < 1.29 is 9.47 Å². The van der Waals surface area contributed by atoms with Crippen molar-refractivity contribution in [2.24, 2.45) is 16.7 Å². The largest absolute Gasteiger partial charge is 0.447 e. The predicted octanol–water partition coefficient (Wildman–Crippen LogP) is 3.18. The molecule has 0 amide bonds. The smallest absolute Gasteiger partial charge is 0.218 e. The lowest BCUT2D eigenvalue weighted by Gasteiger charge is -2.63. The van der Waals surface area contributed by atoms with Gasteiger partial charge in [0.25, 0.3) is 0 Å². The van der Waals surface area contributed by atoms with E-state index in [4.69, 9.17) is 14.9 Å². The molecule has 0 aromatic carbocycles. The first-order valence-electron chi connectivity index (χ1n) is 8.34. The maximum absolute atomic E-state index is 10.0. The maximum Gasteiger partial charge on any atom is 0.218 e. The zero-order valence-electron chi connectivity index (χ0n) is 13.9. The summed E-state index contributed by atoms with van der Waals surface area (Å²) in [6.07, 6.45) is 4.67. The Morgan fingerprint density at radius 1 is 1.29 bits per heavy atom. The quantitative estimate of drug-likeness (QED) is 0.783. The molecule has 0 aromatic heterocycles. The van der Waals surface area contributed by atoms with E-state index >= 15 is 0 Å². The molecule has 124 valence electrons. The molecule has 24 heavy (non-hydrogen) atoms. The Hall–Kier alpha value is -2.36. The third-order valence-electron chi connectivity index (χ3n) is 5.76. The van der Waals surface area contributed by atoms with E-state index in [2.05, 4.69) is 18.2 Å². The lowest BCUT2D eigenvalue weighted by Crippen LogP contribution is -2.76. The van der Waals surface area contributed by atoms with Crippen LogP contribution in [0, 0.1) is 56.2 Å². The molecule has 1 saturated carbocycles. The Morgan fingerprint density at radius 2 is 2.00 bits per heavy atom. The van der Waals surface area contributed by atoms with E-state index in [9.17, 15) is 15.8 Å². The monoisotopic (exact) mass is 324 g/mol. The van der Waals surface area contributed by atoms with Crippen molar-refractivity contribution in [3.8, 4) is 18.2 Å². The van der Waals surface area contributed by atoms with Crippen molar-refractivity contribution in [1.82, 2.24) is 0 Å². The normalized spacial score (nSPS) is 39.8. The Bertz CT molecular complexity index is 724. The molecular weight excluding hydrogens is 304 g/mol. The molecular formula is C18H20N4O2. The standard InChI is InChI=1S/C18H20N4O2/c1-3-6-12(2)14-17(11-21)15(22)24-18(23-14)8-5-4-7-13(18)16(17,9-19)10-20/h6,13-14,22H,3-5,7-8H2,1-2H3/b12-6+,22-15?/t13-,14+,17-,18+/m1/s1. The van der Waals surface area contributed by atoms with Crippen molar-refractivity contribution >= 4 is 5.90 Å². The van der Waals surface area contributed by atoms with E-state index in [0.29, 0.717) is 12.8 Å². The topological polar surface area (TPSA) is 114 Å². The van der Waals surface area contributed by atoms with Gasteiger partial charge in [-0.2, -0.15) is 15.8 Å². The summed E-state index contributed by atoms with van der Waals surface area (Å²) in [5, 5.41) is 38.4. The van der Waals surface area contributed by atoms with Crippen LogP contribution in [0.1, 0.15) is 46.0 Å². The molecule has 1 aliphatic carbocycles. The average Bonchev–Trinajstić information content (AvgIpc) is 2.59. The minimum absolute atomic E-state index is 0.300. The molecule has 1 spiro atoms. The lowest BCUT2D eigenvalue weighted by molar-refractivity contribution is -0.350. The molecule has 0 unspecified atom stereocenters. The van der Waals surface area contributed by atoms with Gasteiger partial charge in [-0.3, -0.25) is 5.41 Å². The number of nitrogens with one attached hydrogen (secondary N) is 1. The summed E-state index contributed by atoms with van der Waals surface area (Å²) in [4.78, 5) is 0. The number of nitrogens with zero attached hydrogens (tertiary/aromatic N) is 3. The minimum atomic E-state index is -1.73. The molecule has 6 nitrogen and oxygen atoms in total. The zero-order valence-corrected chi connectivity index (χ0v) is 13.9. The van der Waals surface area contributed by atoms with Crippen LogP contribution < -0.4 is 0 Å². The number of hydrogen-bond acceptors (Lipinski definition) is 6. The van der Waals surface area contributed by atoms with Crippen molar-refractivity contribution in [1.29, 1.82) is 21.2 Å². The Kier molecular flexibility index (Phi) is 3.67. The summed E-state index contributed by atoms with van der Waals surface area (Å²) < 4.78 is 12.1. The van der Waals surface area contributed by atoms with Gasteiger partial charge in [-0.15, -0.1) is 0 Å². The zero-order chi connectivity index (χ0) is 17.6. The van der Waals surface area contributed by atoms with Gasteiger partial charge in [0.05, 0.1) is 24.1 Å². The fourth-order valence-corrected chi connectivity index (χ4v) is 4.69. The Balaban J connectivity index is 2.31. The van der Waals surface area contributed by atoms with Gasteiger partial charge in [-0.1, -0.05) is 19.4 Å². The Labute approximate surface area is 141 Å². The van der Waals surface area contributed by atoms with E-state index in [1.54, 1.807) is 0 Å². The highest BCUT2D eigenvalue weighted by Gasteiger charge is 2.80. The summed E-state index contributed by atoms with van der Waals surface area (Å²) in [5.41, 5.74) is -2.59. The fraction of sp³-hybridized carbons (Fsp3) is 0.667. The highest BCUT2D eigenvalue weighted by Crippen LogP contribution is 2.66. The average molecular weight is 324 g/mol. The van der Waals surface area contributed by atoms with Gasteiger partial charge in [0.1, 0.15) is 6.10 Å². The predicted molar refractivity (Wildman–Crippen MR) is 84.1 cm³/mol. The van der Waals surface area contributed by atoms with E-state index in [-0.39, 0.29) is 5.90 Å². The van der Waals surface area contributed by atoms with Gasteiger partial charge in [0.15, 0.2) is 10.8 Å². The molecule has 2 bridgehead atoms. The third-order valence-corrected chi connectivity index (χ3v) is 5.76. The van der Waals surface area contributed by atoms with Gasteiger partial charge < -0.3 is 9.47 Å². The van der Waals surface area contributed by atoms with Crippen LogP contribution in [-0.4, -0.2) is 17.8 Å². The highest BCUT2D eigenvalue weighted by molar-refractivity contribution is 5.89. The molecule has 4 atom stereocenters. The van der Waals surface area contributed by atoms with Crippen molar-refractivity contribution in [3.63, 3.8) is 0 Å². The van der Waals surface area contributed by atoms with E-state index in [0.717, 1.165) is 24.8 Å². The van der Waals surface area contributed by atoms with Crippen LogP contribution in [0.25, 0.3) is 0 Å². The summed E-state index contributed by atoms with van der Waals surface area (Å²) in [5.74, 6) is -1.97. The van der Waals surface area contributed by atoms with Crippen LogP contribution in [0.4, 0.5) is 0 Å². The van der Waals surface area contributed by atoms with Crippen LogP contribution in [0.3, 0.4) is 0 Å². The van der Waals surface area contributed by atoms with E-state index in [1.165, 1.54) is 0 Å². The summed E-state index contributed by atoms with van der Waals surface area (Å²) in [6, 6.07) is 6.37. The molecule has 4 fully saturated rings. The molecule has 3 heterocycles. The van der Waals surface area contributed by atoms with Crippen LogP contribution in [0.2, 0.25) is 0 Å². The summed E-state index contributed by atoms with van der Waals surface area (Å²) >= 11 is 0. The van der Waals surface area contributed by atoms with E-state index < -0.39 is 28.6 Å². The number of hydrogen-bond donors (Lipinski definition) is 1. The summed E-state index contributed by atoms with van der Waals surface area (Å²) in [6.45, 7) is 3.80. The Morgan fingerprint density at radius 3 is 2.58 bits per heavy atom. The van der Waals surface area contributed by atoms with Gasteiger partial charge in [0.2, 0.25) is 11.7 Å². The second-order valence-corrected chi connectivity index (χ2v) is 6.85. The molecule has 1 N–H and O–H groups in total. The fourth-order valence-electron chi connectivity index (χ4n) is 4.69. The first-order chi connectivity index (χ1) is 11.5. The van der Waals surface area contributed by atoms with E-state index in [1.807, 2.05) is 19.9 Å². The van der Waals surface area contributed by atoms with Crippen LogP contribution in [0.15, 0.2) is 11.6 Å².